The predicted octanol–water partition coefficient (Wildman–Crippen LogP) is 2.64. The molecular formula is C26H28ClFN4O6S. The van der Waals surface area contributed by atoms with Crippen molar-refractivity contribution in [1.82, 2.24) is 14.4 Å². The highest BCUT2D eigenvalue weighted by molar-refractivity contribution is 7.89. The molecule has 1 aliphatic rings. The van der Waals surface area contributed by atoms with E-state index in [4.69, 9.17) is 10.2 Å². The SMILES string of the molecule is Cc1cc(C(=O)CN2CCN(C(=O)c3ccc(C(=O)O)c(F)c3)CC2)c(C)n1-c1ccc(S(N)(=O)=O)cc1.Cl. The van der Waals surface area contributed by atoms with Crippen LogP contribution in [0.25, 0.3) is 5.69 Å². The Balaban J connectivity index is 0.00000420. The number of ketones is 1. The minimum Gasteiger partial charge on any atom is -0.478 e. The number of aromatic nitrogens is 1. The molecule has 0 atom stereocenters. The molecule has 2 heterocycles. The van der Waals surface area contributed by atoms with Gasteiger partial charge in [-0.15, -0.1) is 12.4 Å². The number of carbonyl (C=O) groups is 3. The molecule has 4 rings (SSSR count). The Bertz CT molecular complexity index is 1530. The van der Waals surface area contributed by atoms with Gasteiger partial charge >= 0.3 is 5.97 Å². The quantitative estimate of drug-likeness (QED) is 0.410. The third-order valence-corrected chi connectivity index (χ3v) is 7.56. The van der Waals surface area contributed by atoms with E-state index in [1.165, 1.54) is 18.2 Å². The van der Waals surface area contributed by atoms with Gasteiger partial charge in [0.15, 0.2) is 5.78 Å². The van der Waals surface area contributed by atoms with E-state index < -0.39 is 33.3 Å². The van der Waals surface area contributed by atoms with E-state index in [0.29, 0.717) is 37.4 Å². The maximum atomic E-state index is 14.0. The van der Waals surface area contributed by atoms with Crippen molar-refractivity contribution in [1.29, 1.82) is 0 Å². The number of carbonyl (C=O) groups excluding carboxylic acids is 2. The molecule has 1 saturated heterocycles. The molecule has 10 nitrogen and oxygen atoms in total. The standard InChI is InChI=1S/C26H27FN4O6S.ClH/c1-16-13-22(17(2)31(16)19-4-6-20(7-5-19)38(28,36)37)24(32)15-29-9-11-30(12-10-29)25(33)18-3-8-21(26(34)35)23(27)14-18;/h3-8,13-14H,9-12,15H2,1-2H3,(H,34,35)(H2,28,36,37);1H. The summed E-state index contributed by atoms with van der Waals surface area (Å²) in [5, 5.41) is 14.1. The number of hydrogen-bond acceptors (Lipinski definition) is 6. The van der Waals surface area contributed by atoms with Crippen LogP contribution in [0.15, 0.2) is 53.4 Å². The number of benzene rings is 2. The van der Waals surface area contributed by atoms with E-state index in [0.717, 1.165) is 23.5 Å². The smallest absolute Gasteiger partial charge is 0.338 e. The summed E-state index contributed by atoms with van der Waals surface area (Å²) in [7, 11) is -3.81. The number of rotatable bonds is 7. The van der Waals surface area contributed by atoms with Crippen LogP contribution in [-0.2, 0) is 10.0 Å². The monoisotopic (exact) mass is 578 g/mol. The summed E-state index contributed by atoms with van der Waals surface area (Å²) in [5.74, 6) is -2.86. The highest BCUT2D eigenvalue weighted by atomic mass is 35.5. The summed E-state index contributed by atoms with van der Waals surface area (Å²) >= 11 is 0. The molecule has 3 N–H and O–H groups in total. The number of aromatic carboxylic acids is 1. The van der Waals surface area contributed by atoms with Gasteiger partial charge in [0.2, 0.25) is 10.0 Å². The Morgan fingerprint density at radius 1 is 0.949 bits per heavy atom. The van der Waals surface area contributed by atoms with E-state index in [1.807, 2.05) is 23.3 Å². The Hall–Kier alpha value is -3.58. The fourth-order valence-electron chi connectivity index (χ4n) is 4.63. The van der Waals surface area contributed by atoms with Gasteiger partial charge in [0.1, 0.15) is 5.82 Å². The van der Waals surface area contributed by atoms with Crippen LogP contribution < -0.4 is 5.14 Å². The second kappa shape index (κ2) is 11.7. The lowest BCUT2D eigenvalue weighted by atomic mass is 10.1. The summed E-state index contributed by atoms with van der Waals surface area (Å²) in [6, 6.07) is 11.2. The normalized spacial score (nSPS) is 14.1. The number of aryl methyl sites for hydroxylation is 1. The molecule has 39 heavy (non-hydrogen) atoms. The molecule has 1 aromatic heterocycles. The maximum absolute atomic E-state index is 14.0. The van der Waals surface area contributed by atoms with Gasteiger partial charge < -0.3 is 14.6 Å². The zero-order chi connectivity index (χ0) is 27.8. The van der Waals surface area contributed by atoms with Crippen molar-refractivity contribution in [3.05, 3.63) is 82.4 Å². The number of halogens is 2. The van der Waals surface area contributed by atoms with Crippen LogP contribution in [0.5, 0.6) is 0 Å². The van der Waals surface area contributed by atoms with Crippen molar-refractivity contribution in [2.75, 3.05) is 32.7 Å². The Labute approximate surface area is 231 Å². The van der Waals surface area contributed by atoms with Crippen molar-refractivity contribution >= 4 is 40.1 Å². The van der Waals surface area contributed by atoms with Crippen molar-refractivity contribution in [2.24, 2.45) is 5.14 Å². The minimum absolute atomic E-state index is 0. The Morgan fingerprint density at radius 2 is 1.56 bits per heavy atom. The first kappa shape index (κ1) is 30.0. The second-order valence-electron chi connectivity index (χ2n) is 9.15. The molecule has 1 aliphatic heterocycles. The van der Waals surface area contributed by atoms with Gasteiger partial charge in [0, 0.05) is 54.4 Å². The summed E-state index contributed by atoms with van der Waals surface area (Å²) in [6.45, 7) is 5.39. The van der Waals surface area contributed by atoms with E-state index in [2.05, 4.69) is 0 Å². The van der Waals surface area contributed by atoms with Gasteiger partial charge in [-0.05, 0) is 62.4 Å². The first-order valence-corrected chi connectivity index (χ1v) is 13.3. The van der Waals surface area contributed by atoms with Crippen LogP contribution in [0.2, 0.25) is 0 Å². The number of primary sulfonamides is 1. The molecule has 0 unspecified atom stereocenters. The Kier molecular flexibility index (Phi) is 8.96. The van der Waals surface area contributed by atoms with E-state index >= 15 is 0 Å². The number of amides is 1. The first-order chi connectivity index (χ1) is 17.9. The van der Waals surface area contributed by atoms with Crippen LogP contribution in [-0.4, -0.2) is 78.3 Å². The molecule has 0 aliphatic carbocycles. The maximum Gasteiger partial charge on any atom is 0.338 e. The van der Waals surface area contributed by atoms with Crippen LogP contribution in [0.4, 0.5) is 4.39 Å². The number of carboxylic acids is 1. The number of hydrogen-bond donors (Lipinski definition) is 2. The summed E-state index contributed by atoms with van der Waals surface area (Å²) in [6.07, 6.45) is 0. The molecular weight excluding hydrogens is 551 g/mol. The van der Waals surface area contributed by atoms with Gasteiger partial charge in [-0.2, -0.15) is 0 Å². The third-order valence-electron chi connectivity index (χ3n) is 6.63. The third kappa shape index (κ3) is 6.36. The minimum atomic E-state index is -3.81. The van der Waals surface area contributed by atoms with Crippen LogP contribution >= 0.6 is 12.4 Å². The van der Waals surface area contributed by atoms with Crippen LogP contribution in [0, 0.1) is 19.7 Å². The molecule has 0 bridgehead atoms. The number of sulfonamides is 1. The van der Waals surface area contributed by atoms with Gasteiger partial charge in [-0.3, -0.25) is 14.5 Å². The Morgan fingerprint density at radius 3 is 2.10 bits per heavy atom. The number of nitrogens with zero attached hydrogens (tertiary/aromatic N) is 3. The average Bonchev–Trinajstić information content (AvgIpc) is 3.17. The number of nitrogens with two attached hydrogens (primary N) is 1. The zero-order valence-corrected chi connectivity index (χ0v) is 22.9. The molecule has 13 heteroatoms. The van der Waals surface area contributed by atoms with Gasteiger partial charge in [-0.25, -0.2) is 22.7 Å². The largest absolute Gasteiger partial charge is 0.478 e. The van der Waals surface area contributed by atoms with Crippen LogP contribution in [0.1, 0.15) is 42.5 Å². The average molecular weight is 579 g/mol. The van der Waals surface area contributed by atoms with Gasteiger partial charge in [0.25, 0.3) is 5.91 Å². The van der Waals surface area contributed by atoms with E-state index in [9.17, 15) is 27.2 Å². The summed E-state index contributed by atoms with van der Waals surface area (Å²) in [4.78, 5) is 40.4. The number of piperazine rings is 1. The molecule has 1 amide bonds. The predicted molar refractivity (Wildman–Crippen MR) is 144 cm³/mol. The van der Waals surface area contributed by atoms with Crippen LogP contribution in [0.3, 0.4) is 0 Å². The summed E-state index contributed by atoms with van der Waals surface area (Å²) < 4.78 is 39.0. The zero-order valence-electron chi connectivity index (χ0n) is 21.3. The number of Topliss-reactive ketones (excluding diaryl/α,β-unsaturated/α-hetero) is 1. The molecule has 2 aromatic carbocycles. The fourth-order valence-corrected chi connectivity index (χ4v) is 5.14. The van der Waals surface area contributed by atoms with E-state index in [1.54, 1.807) is 23.1 Å². The van der Waals surface area contributed by atoms with Crippen molar-refractivity contribution < 1.29 is 32.3 Å². The molecule has 1 fully saturated rings. The lowest BCUT2D eigenvalue weighted by Crippen LogP contribution is -2.50. The molecule has 0 saturated carbocycles. The van der Waals surface area contributed by atoms with E-state index in [-0.39, 0.29) is 35.2 Å². The van der Waals surface area contributed by atoms with Crippen molar-refractivity contribution in [3.8, 4) is 5.69 Å². The van der Waals surface area contributed by atoms with Crippen molar-refractivity contribution in [3.63, 3.8) is 0 Å². The molecule has 3 aromatic rings. The molecule has 208 valence electrons. The lowest BCUT2D eigenvalue weighted by Gasteiger charge is -2.34. The van der Waals surface area contributed by atoms with Gasteiger partial charge in [-0.1, -0.05) is 0 Å². The molecule has 0 radical (unpaired) electrons. The highest BCUT2D eigenvalue weighted by Crippen LogP contribution is 2.23. The fraction of sp³-hybridized carbons (Fsp3) is 0.269. The first-order valence-electron chi connectivity index (χ1n) is 11.8. The van der Waals surface area contributed by atoms with Gasteiger partial charge in [0.05, 0.1) is 17.0 Å². The highest BCUT2D eigenvalue weighted by Gasteiger charge is 2.26. The lowest BCUT2D eigenvalue weighted by molar-refractivity contribution is 0.0620. The second-order valence-corrected chi connectivity index (χ2v) is 10.7. The number of carboxylic acid groups (broad SMARTS) is 1. The molecule has 0 spiro atoms. The summed E-state index contributed by atoms with van der Waals surface area (Å²) in [5.41, 5.74) is 2.35. The van der Waals surface area contributed by atoms with Crippen molar-refractivity contribution in [2.45, 2.75) is 18.7 Å². The topological polar surface area (TPSA) is 143 Å².